The van der Waals surface area contributed by atoms with E-state index in [1.165, 1.54) is 11.8 Å². The monoisotopic (exact) mass is 363 g/mol. The van der Waals surface area contributed by atoms with Gasteiger partial charge in [-0.1, -0.05) is 11.8 Å². The van der Waals surface area contributed by atoms with Gasteiger partial charge in [0.2, 0.25) is 17.8 Å². The Balaban J connectivity index is 1.86. The van der Waals surface area contributed by atoms with Crippen LogP contribution in [0.4, 0.5) is 11.9 Å². The van der Waals surface area contributed by atoms with Crippen molar-refractivity contribution in [3.63, 3.8) is 0 Å². The van der Waals surface area contributed by atoms with Crippen LogP contribution in [0.5, 0.6) is 0 Å². The smallest absolute Gasteiger partial charge is 0.237 e. The predicted molar refractivity (Wildman–Crippen MR) is 94.0 cm³/mol. The van der Waals surface area contributed by atoms with Crippen molar-refractivity contribution in [1.29, 1.82) is 0 Å². The number of carbonyl (C=O) groups is 1. The van der Waals surface area contributed by atoms with Crippen molar-refractivity contribution < 1.29 is 4.79 Å². The van der Waals surface area contributed by atoms with Crippen LogP contribution in [0.3, 0.4) is 0 Å². The summed E-state index contributed by atoms with van der Waals surface area (Å²) in [5, 5.41) is 8.95. The Hall–Kier alpha value is -2.43. The quantitative estimate of drug-likeness (QED) is 0.665. The minimum Gasteiger partial charge on any atom is -0.368 e. The van der Waals surface area contributed by atoms with Crippen LogP contribution in [-0.2, 0) is 11.3 Å². The lowest BCUT2D eigenvalue weighted by atomic mass is 10.4. The lowest BCUT2D eigenvalue weighted by Gasteiger charge is -2.15. The minimum absolute atomic E-state index is 0.0657. The van der Waals surface area contributed by atoms with Gasteiger partial charge in [-0.25, -0.2) is 0 Å². The summed E-state index contributed by atoms with van der Waals surface area (Å²) < 4.78 is 1.79. The summed E-state index contributed by atoms with van der Waals surface area (Å²) in [5.41, 5.74) is 11.2. The number of aromatic nitrogens is 6. The summed E-state index contributed by atoms with van der Waals surface area (Å²) in [6.45, 7) is 2.01. The zero-order valence-corrected chi connectivity index (χ0v) is 15.2. The van der Waals surface area contributed by atoms with Crippen LogP contribution in [0.25, 0.3) is 0 Å². The topological polar surface area (TPSA) is 142 Å². The first kappa shape index (κ1) is 17.4. The number of hydrogen-bond acceptors (Lipinski definition) is 9. The van der Waals surface area contributed by atoms with Crippen molar-refractivity contribution in [2.24, 2.45) is 5.73 Å². The molecule has 0 bridgehead atoms. The van der Waals surface area contributed by atoms with Gasteiger partial charge in [-0.2, -0.15) is 15.0 Å². The third-order valence-electron chi connectivity index (χ3n) is 3.71. The van der Waals surface area contributed by atoms with E-state index < -0.39 is 5.91 Å². The second-order valence-corrected chi connectivity index (χ2v) is 7.48. The van der Waals surface area contributed by atoms with Crippen molar-refractivity contribution in [3.8, 4) is 0 Å². The Kier molecular flexibility index (Phi) is 4.75. The Labute approximate surface area is 149 Å². The highest BCUT2D eigenvalue weighted by Crippen LogP contribution is 2.41. The highest BCUT2D eigenvalue weighted by molar-refractivity contribution is 7.99. The number of rotatable bonds is 7. The van der Waals surface area contributed by atoms with Gasteiger partial charge in [-0.05, 0) is 19.8 Å². The molecule has 2 heterocycles. The summed E-state index contributed by atoms with van der Waals surface area (Å²) in [4.78, 5) is 25.9. The van der Waals surface area contributed by atoms with Gasteiger partial charge >= 0.3 is 0 Å². The average Bonchev–Trinajstić information content (AvgIpc) is 3.30. The van der Waals surface area contributed by atoms with Crippen LogP contribution in [0.2, 0.25) is 0 Å². The molecule has 0 aromatic carbocycles. The molecule has 0 saturated heterocycles. The molecule has 0 radical (unpaired) electrons. The van der Waals surface area contributed by atoms with Gasteiger partial charge in [0, 0.05) is 20.0 Å². The zero-order chi connectivity index (χ0) is 18.1. The van der Waals surface area contributed by atoms with Gasteiger partial charge in [0.15, 0.2) is 5.16 Å². The van der Waals surface area contributed by atoms with Crippen LogP contribution >= 0.6 is 11.8 Å². The third kappa shape index (κ3) is 3.98. The van der Waals surface area contributed by atoms with E-state index >= 15 is 0 Å². The molecule has 1 aliphatic rings. The molecule has 1 amide bonds. The van der Waals surface area contributed by atoms with Crippen molar-refractivity contribution in [1.82, 2.24) is 29.7 Å². The van der Waals surface area contributed by atoms with Crippen LogP contribution in [-0.4, -0.2) is 49.7 Å². The Morgan fingerprint density at radius 3 is 2.64 bits per heavy atom. The van der Waals surface area contributed by atoms with E-state index in [2.05, 4.69) is 25.1 Å². The van der Waals surface area contributed by atoms with Crippen LogP contribution in [0.15, 0.2) is 5.16 Å². The van der Waals surface area contributed by atoms with E-state index in [0.717, 1.165) is 18.7 Å². The maximum atomic E-state index is 11.4. The third-order valence-corrected chi connectivity index (χ3v) is 4.78. The summed E-state index contributed by atoms with van der Waals surface area (Å²) >= 11 is 1.42. The van der Waals surface area contributed by atoms with Crippen molar-refractivity contribution in [2.75, 3.05) is 24.7 Å². The molecule has 10 nitrogen and oxygen atoms in total. The average molecular weight is 363 g/mol. The summed E-state index contributed by atoms with van der Waals surface area (Å²) in [6, 6.07) is 0. The van der Waals surface area contributed by atoms with Crippen LogP contribution in [0.1, 0.15) is 42.6 Å². The first-order chi connectivity index (χ1) is 11.8. The van der Waals surface area contributed by atoms with Gasteiger partial charge in [0.25, 0.3) is 0 Å². The first-order valence-corrected chi connectivity index (χ1v) is 8.80. The Morgan fingerprint density at radius 2 is 2.04 bits per heavy atom. The number of anilines is 2. The molecule has 11 heteroatoms. The van der Waals surface area contributed by atoms with Gasteiger partial charge < -0.3 is 16.4 Å². The predicted octanol–water partition coefficient (Wildman–Crippen LogP) is 0.327. The van der Waals surface area contributed by atoms with Crippen molar-refractivity contribution in [3.05, 3.63) is 11.6 Å². The molecule has 0 spiro atoms. The second kappa shape index (κ2) is 6.82. The highest BCUT2D eigenvalue weighted by atomic mass is 32.2. The fraction of sp³-hybridized carbons (Fsp3) is 0.571. The maximum Gasteiger partial charge on any atom is 0.237 e. The van der Waals surface area contributed by atoms with Gasteiger partial charge in [-0.3, -0.25) is 9.36 Å². The van der Waals surface area contributed by atoms with E-state index in [1.54, 1.807) is 9.47 Å². The van der Waals surface area contributed by atoms with E-state index in [0.29, 0.717) is 22.8 Å². The lowest BCUT2D eigenvalue weighted by Crippen LogP contribution is -2.21. The number of thioether (sulfide) groups is 1. The van der Waals surface area contributed by atoms with Crippen LogP contribution < -0.4 is 16.4 Å². The van der Waals surface area contributed by atoms with Crippen LogP contribution in [0, 0.1) is 0 Å². The Morgan fingerprint density at radius 1 is 1.32 bits per heavy atom. The standard InChI is InChI=1S/C14H21N9OS/c1-7(10-17-12(16)19-13(18-10)22(2)3)25-14-21-20-11(8-4-5-8)23(14)6-9(15)24/h7-8H,4-6H2,1-3H3,(H2,15,24)(H2,16,17,18,19). The minimum atomic E-state index is -0.421. The normalized spacial score (nSPS) is 15.2. The number of amides is 1. The van der Waals surface area contributed by atoms with E-state index in [1.807, 2.05) is 21.0 Å². The van der Waals surface area contributed by atoms with Gasteiger partial charge in [0.05, 0.1) is 5.25 Å². The fourth-order valence-corrected chi connectivity index (χ4v) is 3.23. The number of primary amides is 1. The molecular weight excluding hydrogens is 342 g/mol. The molecule has 2 aromatic rings. The number of hydrogen-bond donors (Lipinski definition) is 2. The van der Waals surface area contributed by atoms with Gasteiger partial charge in [-0.15, -0.1) is 10.2 Å². The fourth-order valence-electron chi connectivity index (χ4n) is 2.33. The molecule has 3 rings (SSSR count). The van der Waals surface area contributed by atoms with E-state index in [-0.39, 0.29) is 17.7 Å². The molecule has 0 aliphatic heterocycles. The molecule has 1 aliphatic carbocycles. The Bertz CT molecular complexity index is 787. The number of nitrogens with zero attached hydrogens (tertiary/aromatic N) is 7. The lowest BCUT2D eigenvalue weighted by molar-refractivity contribution is -0.118. The molecule has 1 atom stereocenters. The van der Waals surface area contributed by atoms with Crippen molar-refractivity contribution >= 4 is 29.6 Å². The molecular formula is C14H21N9OS. The number of nitrogen functional groups attached to an aromatic ring is 1. The highest BCUT2D eigenvalue weighted by Gasteiger charge is 2.31. The molecule has 4 N–H and O–H groups in total. The summed E-state index contributed by atoms with van der Waals surface area (Å²) in [6.07, 6.45) is 2.13. The summed E-state index contributed by atoms with van der Waals surface area (Å²) in [5.74, 6) is 1.96. The number of nitrogens with two attached hydrogens (primary N) is 2. The van der Waals surface area contributed by atoms with E-state index in [9.17, 15) is 4.79 Å². The number of carbonyl (C=O) groups excluding carboxylic acids is 1. The summed E-state index contributed by atoms with van der Waals surface area (Å²) in [7, 11) is 3.67. The molecule has 25 heavy (non-hydrogen) atoms. The molecule has 134 valence electrons. The zero-order valence-electron chi connectivity index (χ0n) is 14.4. The first-order valence-electron chi connectivity index (χ1n) is 7.92. The molecule has 1 saturated carbocycles. The van der Waals surface area contributed by atoms with Gasteiger partial charge in [0.1, 0.15) is 18.2 Å². The largest absolute Gasteiger partial charge is 0.368 e. The second-order valence-electron chi connectivity index (χ2n) is 6.17. The maximum absolute atomic E-state index is 11.4. The van der Waals surface area contributed by atoms with Crippen molar-refractivity contribution in [2.45, 2.75) is 42.6 Å². The molecule has 1 unspecified atom stereocenters. The molecule has 2 aromatic heterocycles. The van der Waals surface area contributed by atoms with E-state index in [4.69, 9.17) is 11.5 Å². The molecule has 1 fully saturated rings. The SMILES string of the molecule is CC(Sc1nnc(C2CC2)n1CC(N)=O)c1nc(N)nc(N(C)C)n1.